The fraction of sp³-hybridized carbons (Fsp3) is 0.176. The Morgan fingerprint density at radius 2 is 1.76 bits per heavy atom. The standard InChI is InChI=1S/C17H15F3N4O5/c1-29-13-5-2-9(24(27)28)6-12(13)21-7-14(25)22-8-15(26)23-11-4-3-10(18)16(19)17(11)20/h2-6,21H,7-8H2,1H3,(H,22,25)(H,23,26). The summed E-state index contributed by atoms with van der Waals surface area (Å²) in [6, 6.07) is 5.23. The summed E-state index contributed by atoms with van der Waals surface area (Å²) in [6.45, 7) is -0.935. The van der Waals surface area contributed by atoms with Gasteiger partial charge in [-0.05, 0) is 18.2 Å². The number of non-ortho nitro benzene ring substituents is 1. The van der Waals surface area contributed by atoms with Crippen LogP contribution in [-0.2, 0) is 9.59 Å². The highest BCUT2D eigenvalue weighted by Crippen LogP contribution is 2.28. The van der Waals surface area contributed by atoms with Crippen LogP contribution in [0.4, 0.5) is 30.2 Å². The van der Waals surface area contributed by atoms with Gasteiger partial charge in [-0.3, -0.25) is 19.7 Å². The van der Waals surface area contributed by atoms with Crippen LogP contribution in [0.2, 0.25) is 0 Å². The molecule has 2 rings (SSSR count). The summed E-state index contributed by atoms with van der Waals surface area (Å²) in [5, 5.41) is 17.7. The summed E-state index contributed by atoms with van der Waals surface area (Å²) in [7, 11) is 1.34. The molecule has 154 valence electrons. The molecule has 0 bridgehead atoms. The third kappa shape index (κ3) is 5.57. The minimum Gasteiger partial charge on any atom is -0.495 e. The second kappa shape index (κ2) is 9.39. The molecule has 0 aliphatic rings. The predicted molar refractivity (Wildman–Crippen MR) is 96.1 cm³/mol. The van der Waals surface area contributed by atoms with Crippen molar-refractivity contribution in [3.63, 3.8) is 0 Å². The van der Waals surface area contributed by atoms with Crippen LogP contribution in [0.15, 0.2) is 30.3 Å². The van der Waals surface area contributed by atoms with E-state index in [1.165, 1.54) is 25.3 Å². The van der Waals surface area contributed by atoms with E-state index in [4.69, 9.17) is 4.74 Å². The van der Waals surface area contributed by atoms with Crippen molar-refractivity contribution in [2.24, 2.45) is 0 Å². The maximum absolute atomic E-state index is 13.5. The van der Waals surface area contributed by atoms with E-state index < -0.39 is 46.4 Å². The van der Waals surface area contributed by atoms with E-state index in [1.54, 1.807) is 0 Å². The zero-order valence-corrected chi connectivity index (χ0v) is 14.9. The molecular formula is C17H15F3N4O5. The Morgan fingerprint density at radius 1 is 1.03 bits per heavy atom. The normalized spacial score (nSPS) is 10.2. The van der Waals surface area contributed by atoms with Crippen molar-refractivity contribution in [2.45, 2.75) is 0 Å². The molecule has 12 heteroatoms. The molecule has 0 aromatic heterocycles. The van der Waals surface area contributed by atoms with Gasteiger partial charge in [0.05, 0.1) is 36.5 Å². The van der Waals surface area contributed by atoms with Gasteiger partial charge in [-0.25, -0.2) is 13.2 Å². The average Bonchev–Trinajstić information content (AvgIpc) is 2.70. The number of hydrogen-bond donors (Lipinski definition) is 3. The molecule has 0 spiro atoms. The van der Waals surface area contributed by atoms with Crippen LogP contribution in [0.3, 0.4) is 0 Å². The van der Waals surface area contributed by atoms with Crippen LogP contribution in [0.5, 0.6) is 5.75 Å². The van der Waals surface area contributed by atoms with Crippen molar-refractivity contribution in [3.8, 4) is 5.75 Å². The Balaban J connectivity index is 1.89. The number of nitro groups is 1. The van der Waals surface area contributed by atoms with E-state index in [0.29, 0.717) is 6.07 Å². The summed E-state index contributed by atoms with van der Waals surface area (Å²) in [4.78, 5) is 33.8. The molecule has 29 heavy (non-hydrogen) atoms. The molecule has 2 aromatic rings. The molecule has 0 aliphatic carbocycles. The number of carbonyl (C=O) groups is 2. The first-order chi connectivity index (χ1) is 13.7. The minimum atomic E-state index is -1.73. The molecular weight excluding hydrogens is 397 g/mol. The maximum atomic E-state index is 13.5. The topological polar surface area (TPSA) is 123 Å². The number of anilines is 2. The molecule has 2 aromatic carbocycles. The summed E-state index contributed by atoms with van der Waals surface area (Å²) in [5.74, 6) is -5.99. The van der Waals surface area contributed by atoms with Gasteiger partial charge in [-0.15, -0.1) is 0 Å². The third-order valence-corrected chi connectivity index (χ3v) is 3.59. The zero-order chi connectivity index (χ0) is 21.6. The van der Waals surface area contributed by atoms with E-state index in [-0.39, 0.29) is 23.7 Å². The first-order valence-electron chi connectivity index (χ1n) is 7.99. The molecule has 0 radical (unpaired) electrons. The lowest BCUT2D eigenvalue weighted by Crippen LogP contribution is -2.36. The number of ether oxygens (including phenoxy) is 1. The number of methoxy groups -OCH3 is 1. The predicted octanol–water partition coefficient (Wildman–Crippen LogP) is 2.19. The lowest BCUT2D eigenvalue weighted by atomic mass is 10.2. The summed E-state index contributed by atoms with van der Waals surface area (Å²) < 4.78 is 44.5. The van der Waals surface area contributed by atoms with E-state index in [1.807, 2.05) is 5.32 Å². The highest BCUT2D eigenvalue weighted by molar-refractivity contribution is 5.95. The van der Waals surface area contributed by atoms with E-state index in [2.05, 4.69) is 10.6 Å². The molecule has 0 fully saturated rings. The largest absolute Gasteiger partial charge is 0.495 e. The monoisotopic (exact) mass is 412 g/mol. The Kier molecular flexibility index (Phi) is 6.95. The van der Waals surface area contributed by atoms with Crippen LogP contribution in [0.1, 0.15) is 0 Å². The molecule has 2 amide bonds. The number of amides is 2. The molecule has 0 heterocycles. The Labute approximate surface area is 162 Å². The van der Waals surface area contributed by atoms with Gasteiger partial charge in [0.25, 0.3) is 5.69 Å². The van der Waals surface area contributed by atoms with E-state index >= 15 is 0 Å². The summed E-state index contributed by atoms with van der Waals surface area (Å²) >= 11 is 0. The number of benzene rings is 2. The van der Waals surface area contributed by atoms with Crippen molar-refractivity contribution in [1.82, 2.24) is 5.32 Å². The number of carbonyl (C=O) groups excluding carboxylic acids is 2. The minimum absolute atomic E-state index is 0.185. The number of hydrogen-bond acceptors (Lipinski definition) is 6. The van der Waals surface area contributed by atoms with E-state index in [9.17, 15) is 32.9 Å². The Bertz CT molecular complexity index is 955. The van der Waals surface area contributed by atoms with Crippen molar-refractivity contribution >= 4 is 28.9 Å². The first kappa shape index (κ1) is 21.5. The van der Waals surface area contributed by atoms with Crippen molar-refractivity contribution in [3.05, 3.63) is 57.9 Å². The Morgan fingerprint density at radius 3 is 2.41 bits per heavy atom. The van der Waals surface area contributed by atoms with Gasteiger partial charge in [0, 0.05) is 12.1 Å². The number of nitro benzene ring substituents is 1. The van der Waals surface area contributed by atoms with Gasteiger partial charge < -0.3 is 20.7 Å². The SMILES string of the molecule is COc1ccc([N+](=O)[O-])cc1NCC(=O)NCC(=O)Nc1ccc(F)c(F)c1F. The van der Waals surface area contributed by atoms with Gasteiger partial charge in [0.1, 0.15) is 5.75 Å². The summed E-state index contributed by atoms with van der Waals surface area (Å²) in [5.41, 5.74) is -0.616. The summed E-state index contributed by atoms with van der Waals surface area (Å²) in [6.07, 6.45) is 0. The second-order valence-corrected chi connectivity index (χ2v) is 5.54. The third-order valence-electron chi connectivity index (χ3n) is 3.59. The van der Waals surface area contributed by atoms with Crippen molar-refractivity contribution in [2.75, 3.05) is 30.8 Å². The molecule has 0 saturated carbocycles. The molecule has 9 nitrogen and oxygen atoms in total. The number of nitrogens with one attached hydrogen (secondary N) is 3. The lowest BCUT2D eigenvalue weighted by Gasteiger charge is -2.11. The van der Waals surface area contributed by atoms with Gasteiger partial charge in [0.2, 0.25) is 11.8 Å². The number of rotatable bonds is 8. The number of halogens is 3. The second-order valence-electron chi connectivity index (χ2n) is 5.54. The first-order valence-corrected chi connectivity index (χ1v) is 7.99. The average molecular weight is 412 g/mol. The van der Waals surface area contributed by atoms with Gasteiger partial charge in [-0.2, -0.15) is 0 Å². The van der Waals surface area contributed by atoms with Crippen LogP contribution in [0, 0.1) is 27.6 Å². The fourth-order valence-electron chi connectivity index (χ4n) is 2.18. The van der Waals surface area contributed by atoms with Crippen LogP contribution in [0.25, 0.3) is 0 Å². The highest BCUT2D eigenvalue weighted by Gasteiger charge is 2.16. The Hall–Kier alpha value is -3.83. The zero-order valence-electron chi connectivity index (χ0n) is 14.9. The van der Waals surface area contributed by atoms with Crippen LogP contribution < -0.4 is 20.7 Å². The lowest BCUT2D eigenvalue weighted by molar-refractivity contribution is -0.384. The van der Waals surface area contributed by atoms with Crippen molar-refractivity contribution < 1.29 is 32.4 Å². The fourth-order valence-corrected chi connectivity index (χ4v) is 2.18. The van der Waals surface area contributed by atoms with Crippen LogP contribution >= 0.6 is 0 Å². The quantitative estimate of drug-likeness (QED) is 0.347. The highest BCUT2D eigenvalue weighted by atomic mass is 19.2. The number of nitrogens with zero attached hydrogens (tertiary/aromatic N) is 1. The van der Waals surface area contributed by atoms with Gasteiger partial charge in [0.15, 0.2) is 17.5 Å². The van der Waals surface area contributed by atoms with Gasteiger partial charge in [-0.1, -0.05) is 0 Å². The smallest absolute Gasteiger partial charge is 0.271 e. The van der Waals surface area contributed by atoms with Crippen LogP contribution in [-0.4, -0.2) is 36.9 Å². The maximum Gasteiger partial charge on any atom is 0.271 e. The van der Waals surface area contributed by atoms with E-state index in [0.717, 1.165) is 6.07 Å². The molecule has 0 atom stereocenters. The molecule has 0 unspecified atom stereocenters. The molecule has 0 aliphatic heterocycles. The van der Waals surface area contributed by atoms with Crippen molar-refractivity contribution in [1.29, 1.82) is 0 Å². The molecule has 0 saturated heterocycles. The van der Waals surface area contributed by atoms with Gasteiger partial charge >= 0.3 is 0 Å². The molecule has 3 N–H and O–H groups in total.